The minimum atomic E-state index is 0.509. The van der Waals surface area contributed by atoms with E-state index in [2.05, 4.69) is 18.5 Å². The molecular weight excluding hydrogens is 210 g/mol. The van der Waals surface area contributed by atoms with Crippen LogP contribution in [0.1, 0.15) is 76.4 Å². The monoisotopic (exact) mass is 235 g/mol. The van der Waals surface area contributed by atoms with Gasteiger partial charge < -0.3 is 5.73 Å². The summed E-state index contributed by atoms with van der Waals surface area (Å²) < 4.78 is 2.10. The minimum absolute atomic E-state index is 0.509. The van der Waals surface area contributed by atoms with Gasteiger partial charge in [0.15, 0.2) is 0 Å². The molecule has 0 saturated heterocycles. The summed E-state index contributed by atoms with van der Waals surface area (Å²) in [6, 6.07) is 0.509. The molecule has 3 nitrogen and oxygen atoms in total. The van der Waals surface area contributed by atoms with Crippen LogP contribution in [0.3, 0.4) is 0 Å². The van der Waals surface area contributed by atoms with Gasteiger partial charge in [0, 0.05) is 12.1 Å². The summed E-state index contributed by atoms with van der Waals surface area (Å²) in [5, 5.41) is 4.77. The zero-order valence-corrected chi connectivity index (χ0v) is 11.2. The van der Waals surface area contributed by atoms with Crippen LogP contribution in [0.2, 0.25) is 0 Å². The maximum atomic E-state index is 6.14. The predicted molar refractivity (Wildman–Crippen MR) is 72.1 cm³/mol. The van der Waals surface area contributed by atoms with Gasteiger partial charge in [0.05, 0.1) is 17.4 Å². The summed E-state index contributed by atoms with van der Waals surface area (Å²) in [6.07, 6.45) is 10.9. The molecule has 96 valence electrons. The largest absolute Gasteiger partial charge is 0.396 e. The van der Waals surface area contributed by atoms with Crippen LogP contribution < -0.4 is 5.73 Å². The van der Waals surface area contributed by atoms with E-state index in [4.69, 9.17) is 10.8 Å². The summed E-state index contributed by atoms with van der Waals surface area (Å²) in [7, 11) is 0. The maximum absolute atomic E-state index is 6.14. The highest BCUT2D eigenvalue weighted by Crippen LogP contribution is 2.35. The van der Waals surface area contributed by atoms with Crippen molar-refractivity contribution in [3.8, 4) is 0 Å². The van der Waals surface area contributed by atoms with Crippen molar-refractivity contribution in [1.29, 1.82) is 0 Å². The van der Waals surface area contributed by atoms with Crippen LogP contribution in [0.25, 0.3) is 0 Å². The molecule has 1 aromatic rings. The quantitative estimate of drug-likeness (QED) is 0.860. The Labute approximate surface area is 104 Å². The first-order chi connectivity index (χ1) is 8.26. The van der Waals surface area contributed by atoms with Crippen molar-refractivity contribution in [3.63, 3.8) is 0 Å². The highest BCUT2D eigenvalue weighted by molar-refractivity contribution is 5.43. The molecule has 0 aliphatic heterocycles. The SMILES string of the molecule is CCC(CC)n1cc(N)c(C2CCCCC2)n1. The lowest BCUT2D eigenvalue weighted by atomic mass is 9.86. The van der Waals surface area contributed by atoms with Gasteiger partial charge in [-0.05, 0) is 25.7 Å². The minimum Gasteiger partial charge on any atom is -0.396 e. The molecule has 1 fully saturated rings. The zero-order valence-electron chi connectivity index (χ0n) is 11.2. The number of nitrogen functional groups attached to an aromatic ring is 1. The Kier molecular flexibility index (Phi) is 4.08. The number of nitrogens with two attached hydrogens (primary N) is 1. The van der Waals surface area contributed by atoms with Gasteiger partial charge in [0.25, 0.3) is 0 Å². The highest BCUT2D eigenvalue weighted by atomic mass is 15.3. The molecule has 0 bridgehead atoms. The van der Waals surface area contributed by atoms with Crippen LogP contribution in [0.4, 0.5) is 5.69 Å². The topological polar surface area (TPSA) is 43.8 Å². The summed E-state index contributed by atoms with van der Waals surface area (Å²) >= 11 is 0. The normalized spacial score (nSPS) is 17.8. The van der Waals surface area contributed by atoms with Crippen molar-refractivity contribution >= 4 is 5.69 Å². The van der Waals surface area contributed by atoms with Gasteiger partial charge in [0.1, 0.15) is 0 Å². The van der Waals surface area contributed by atoms with Gasteiger partial charge in [-0.1, -0.05) is 33.1 Å². The molecule has 1 aliphatic carbocycles. The van der Waals surface area contributed by atoms with Crippen molar-refractivity contribution in [1.82, 2.24) is 9.78 Å². The molecular formula is C14H25N3. The van der Waals surface area contributed by atoms with Gasteiger partial charge in [-0.2, -0.15) is 5.10 Å². The van der Waals surface area contributed by atoms with E-state index < -0.39 is 0 Å². The van der Waals surface area contributed by atoms with Gasteiger partial charge in [0.2, 0.25) is 0 Å². The van der Waals surface area contributed by atoms with E-state index in [1.165, 1.54) is 32.1 Å². The number of hydrogen-bond acceptors (Lipinski definition) is 2. The van der Waals surface area contributed by atoms with E-state index in [0.717, 1.165) is 24.2 Å². The Bertz CT molecular complexity index is 346. The molecule has 0 spiro atoms. The van der Waals surface area contributed by atoms with Gasteiger partial charge in [-0.25, -0.2) is 0 Å². The summed E-state index contributed by atoms with van der Waals surface area (Å²) in [5.41, 5.74) is 8.21. The number of aromatic nitrogens is 2. The lowest BCUT2D eigenvalue weighted by molar-refractivity contribution is 0.403. The first kappa shape index (κ1) is 12.5. The van der Waals surface area contributed by atoms with Crippen LogP contribution in [-0.4, -0.2) is 9.78 Å². The van der Waals surface area contributed by atoms with Gasteiger partial charge in [-0.3, -0.25) is 4.68 Å². The van der Waals surface area contributed by atoms with Crippen LogP contribution in [-0.2, 0) is 0 Å². The van der Waals surface area contributed by atoms with Crippen molar-refractivity contribution in [2.75, 3.05) is 5.73 Å². The molecule has 1 aromatic heterocycles. The van der Waals surface area contributed by atoms with Crippen LogP contribution in [0.5, 0.6) is 0 Å². The molecule has 0 radical (unpaired) electrons. The number of hydrogen-bond donors (Lipinski definition) is 1. The average molecular weight is 235 g/mol. The molecule has 1 aliphatic rings. The first-order valence-electron chi connectivity index (χ1n) is 7.10. The second-order valence-corrected chi connectivity index (χ2v) is 5.25. The molecule has 0 amide bonds. The van der Waals surface area contributed by atoms with Gasteiger partial charge >= 0.3 is 0 Å². The lowest BCUT2D eigenvalue weighted by Crippen LogP contribution is -2.10. The highest BCUT2D eigenvalue weighted by Gasteiger charge is 2.22. The summed E-state index contributed by atoms with van der Waals surface area (Å²) in [6.45, 7) is 4.43. The fourth-order valence-corrected chi connectivity index (χ4v) is 2.96. The smallest absolute Gasteiger partial charge is 0.0884 e. The van der Waals surface area contributed by atoms with Gasteiger partial charge in [-0.15, -0.1) is 0 Å². The maximum Gasteiger partial charge on any atom is 0.0884 e. The third-order valence-corrected chi connectivity index (χ3v) is 4.10. The van der Waals surface area contributed by atoms with Crippen molar-refractivity contribution in [3.05, 3.63) is 11.9 Å². The van der Waals surface area contributed by atoms with Crippen molar-refractivity contribution in [2.45, 2.75) is 70.8 Å². The van der Waals surface area contributed by atoms with E-state index in [9.17, 15) is 0 Å². The van der Waals surface area contributed by atoms with Crippen LogP contribution in [0, 0.1) is 0 Å². The Morgan fingerprint density at radius 2 is 1.94 bits per heavy atom. The Hall–Kier alpha value is -0.990. The summed E-state index contributed by atoms with van der Waals surface area (Å²) in [5.74, 6) is 0.611. The molecule has 1 heterocycles. The molecule has 0 aromatic carbocycles. The van der Waals surface area contributed by atoms with E-state index >= 15 is 0 Å². The average Bonchev–Trinajstić information content (AvgIpc) is 2.74. The first-order valence-corrected chi connectivity index (χ1v) is 7.10. The molecule has 0 unspecified atom stereocenters. The zero-order chi connectivity index (χ0) is 12.3. The second-order valence-electron chi connectivity index (χ2n) is 5.25. The Morgan fingerprint density at radius 1 is 1.29 bits per heavy atom. The van der Waals surface area contributed by atoms with Crippen LogP contribution >= 0.6 is 0 Å². The number of anilines is 1. The van der Waals surface area contributed by atoms with Crippen molar-refractivity contribution in [2.24, 2.45) is 0 Å². The number of nitrogens with zero attached hydrogens (tertiary/aromatic N) is 2. The fraction of sp³-hybridized carbons (Fsp3) is 0.786. The molecule has 3 heteroatoms. The molecule has 2 N–H and O–H groups in total. The Balaban J connectivity index is 2.17. The van der Waals surface area contributed by atoms with E-state index in [0.29, 0.717) is 12.0 Å². The second kappa shape index (κ2) is 5.56. The molecule has 2 rings (SSSR count). The fourth-order valence-electron chi connectivity index (χ4n) is 2.96. The predicted octanol–water partition coefficient (Wildman–Crippen LogP) is 3.87. The lowest BCUT2D eigenvalue weighted by Gasteiger charge is -2.20. The molecule has 17 heavy (non-hydrogen) atoms. The number of rotatable bonds is 4. The van der Waals surface area contributed by atoms with E-state index in [1.807, 2.05) is 6.20 Å². The van der Waals surface area contributed by atoms with Crippen LogP contribution in [0.15, 0.2) is 6.20 Å². The Morgan fingerprint density at radius 3 is 2.53 bits per heavy atom. The summed E-state index contributed by atoms with van der Waals surface area (Å²) in [4.78, 5) is 0. The third-order valence-electron chi connectivity index (χ3n) is 4.10. The van der Waals surface area contributed by atoms with Crippen molar-refractivity contribution < 1.29 is 0 Å². The standard InChI is InChI=1S/C14H25N3/c1-3-12(4-2)17-10-13(15)14(16-17)11-8-6-5-7-9-11/h10-12H,3-9,15H2,1-2H3. The van der Waals surface area contributed by atoms with E-state index in [1.54, 1.807) is 0 Å². The third kappa shape index (κ3) is 2.64. The molecule has 1 saturated carbocycles. The van der Waals surface area contributed by atoms with E-state index in [-0.39, 0.29) is 0 Å². The molecule has 0 atom stereocenters.